The maximum absolute atomic E-state index is 12.5. The van der Waals surface area contributed by atoms with Crippen LogP contribution in [0.1, 0.15) is 23.0 Å². The first-order valence-electron chi connectivity index (χ1n) is 2.93. The highest BCUT2D eigenvalue weighted by Crippen LogP contribution is 2.22. The summed E-state index contributed by atoms with van der Waals surface area (Å²) in [7, 11) is 0. The van der Waals surface area contributed by atoms with Crippen molar-refractivity contribution in [3.05, 3.63) is 16.1 Å². The van der Waals surface area contributed by atoms with E-state index in [4.69, 9.17) is 5.11 Å². The minimum Gasteiger partial charge on any atom is -0.389 e. The first-order valence-corrected chi connectivity index (χ1v) is 3.75. The smallest absolute Gasteiger partial charge is 0.133 e. The Kier molecular flexibility index (Phi) is 2.34. The first-order chi connectivity index (χ1) is 4.74. The fourth-order valence-corrected chi connectivity index (χ4v) is 1.29. The predicted octanol–water partition coefficient (Wildman–Crippen LogP) is 1.67. The second-order valence-corrected chi connectivity index (χ2v) is 3.08. The molecule has 4 heteroatoms. The molecule has 10 heavy (non-hydrogen) atoms. The van der Waals surface area contributed by atoms with Crippen molar-refractivity contribution in [3.63, 3.8) is 0 Å². The lowest BCUT2D eigenvalue weighted by atomic mass is 10.4. The van der Waals surface area contributed by atoms with Crippen LogP contribution in [0.4, 0.5) is 4.39 Å². The van der Waals surface area contributed by atoms with E-state index in [-0.39, 0.29) is 6.61 Å². The molecule has 1 heterocycles. The molecule has 1 aromatic heterocycles. The van der Waals surface area contributed by atoms with Gasteiger partial charge >= 0.3 is 0 Å². The Morgan fingerprint density at radius 3 is 2.90 bits per heavy atom. The molecule has 1 unspecified atom stereocenters. The van der Waals surface area contributed by atoms with Crippen LogP contribution < -0.4 is 0 Å². The van der Waals surface area contributed by atoms with Gasteiger partial charge in [0, 0.05) is 6.20 Å². The highest BCUT2D eigenvalue weighted by Gasteiger charge is 2.06. The predicted molar refractivity (Wildman–Crippen MR) is 37.6 cm³/mol. The van der Waals surface area contributed by atoms with Crippen LogP contribution >= 0.6 is 11.3 Å². The zero-order chi connectivity index (χ0) is 7.56. The van der Waals surface area contributed by atoms with Gasteiger partial charge in [-0.15, -0.1) is 11.3 Å². The number of alkyl halides is 1. The van der Waals surface area contributed by atoms with Crippen LogP contribution in [0.15, 0.2) is 6.20 Å². The van der Waals surface area contributed by atoms with E-state index < -0.39 is 6.17 Å². The number of thiazole rings is 1. The first kappa shape index (κ1) is 7.63. The van der Waals surface area contributed by atoms with Crippen LogP contribution in [0.3, 0.4) is 0 Å². The number of hydrogen-bond donors (Lipinski definition) is 1. The zero-order valence-electron chi connectivity index (χ0n) is 5.54. The average molecular weight is 161 g/mol. The van der Waals surface area contributed by atoms with Gasteiger partial charge in [0.05, 0.1) is 11.5 Å². The van der Waals surface area contributed by atoms with Crippen molar-refractivity contribution in [1.29, 1.82) is 0 Å². The Labute approximate surface area is 62.3 Å². The van der Waals surface area contributed by atoms with Crippen molar-refractivity contribution in [2.24, 2.45) is 0 Å². The zero-order valence-corrected chi connectivity index (χ0v) is 6.36. The van der Waals surface area contributed by atoms with Gasteiger partial charge in [-0.2, -0.15) is 0 Å². The summed E-state index contributed by atoms with van der Waals surface area (Å²) in [5.41, 5.74) is 0. The van der Waals surface area contributed by atoms with E-state index in [1.54, 1.807) is 0 Å². The van der Waals surface area contributed by atoms with Crippen LogP contribution in [0.25, 0.3) is 0 Å². The molecular formula is C6H8FNOS. The molecule has 1 atom stereocenters. The van der Waals surface area contributed by atoms with Gasteiger partial charge in [0.25, 0.3) is 0 Å². The fraction of sp³-hybridized carbons (Fsp3) is 0.500. The van der Waals surface area contributed by atoms with Crippen LogP contribution in [0.2, 0.25) is 0 Å². The SMILES string of the molecule is CC(F)c1cnc(CO)s1. The molecule has 1 aromatic rings. The molecule has 0 fully saturated rings. The number of aliphatic hydroxyl groups is 1. The van der Waals surface area contributed by atoms with Crippen LogP contribution in [-0.2, 0) is 6.61 Å². The van der Waals surface area contributed by atoms with Gasteiger partial charge in [0.2, 0.25) is 0 Å². The molecule has 0 aliphatic carbocycles. The second-order valence-electron chi connectivity index (χ2n) is 1.93. The van der Waals surface area contributed by atoms with Crippen LogP contribution in [0, 0.1) is 0 Å². The maximum Gasteiger partial charge on any atom is 0.133 e. The monoisotopic (exact) mass is 161 g/mol. The van der Waals surface area contributed by atoms with Gasteiger partial charge in [-0.05, 0) is 6.92 Å². The Morgan fingerprint density at radius 2 is 2.60 bits per heavy atom. The van der Waals surface area contributed by atoms with Gasteiger partial charge < -0.3 is 5.11 Å². The van der Waals surface area contributed by atoms with Crippen molar-refractivity contribution in [3.8, 4) is 0 Å². The van der Waals surface area contributed by atoms with Crippen molar-refractivity contribution in [2.75, 3.05) is 0 Å². The number of halogens is 1. The third kappa shape index (κ3) is 1.52. The van der Waals surface area contributed by atoms with E-state index in [2.05, 4.69) is 4.98 Å². The molecule has 0 bridgehead atoms. The third-order valence-electron chi connectivity index (χ3n) is 1.10. The molecule has 0 aliphatic heterocycles. The molecular weight excluding hydrogens is 153 g/mol. The summed E-state index contributed by atoms with van der Waals surface area (Å²) in [5.74, 6) is 0. The van der Waals surface area contributed by atoms with Gasteiger partial charge in [0.1, 0.15) is 11.2 Å². The van der Waals surface area contributed by atoms with Crippen molar-refractivity contribution in [2.45, 2.75) is 19.7 Å². The highest BCUT2D eigenvalue weighted by atomic mass is 32.1. The topological polar surface area (TPSA) is 33.1 Å². The fourth-order valence-electron chi connectivity index (χ4n) is 0.581. The van der Waals surface area contributed by atoms with Gasteiger partial charge in [-0.1, -0.05) is 0 Å². The molecule has 0 amide bonds. The van der Waals surface area contributed by atoms with Crippen molar-refractivity contribution < 1.29 is 9.50 Å². The van der Waals surface area contributed by atoms with Crippen molar-refractivity contribution >= 4 is 11.3 Å². The van der Waals surface area contributed by atoms with Gasteiger partial charge in [-0.3, -0.25) is 0 Å². The van der Waals surface area contributed by atoms with Crippen LogP contribution in [-0.4, -0.2) is 10.1 Å². The minimum atomic E-state index is -0.974. The summed E-state index contributed by atoms with van der Waals surface area (Å²) >= 11 is 1.20. The molecule has 56 valence electrons. The van der Waals surface area contributed by atoms with E-state index in [9.17, 15) is 4.39 Å². The van der Waals surface area contributed by atoms with E-state index >= 15 is 0 Å². The van der Waals surface area contributed by atoms with Gasteiger partial charge in [0.15, 0.2) is 0 Å². The summed E-state index contributed by atoms with van der Waals surface area (Å²) in [4.78, 5) is 4.36. The van der Waals surface area contributed by atoms with E-state index in [1.165, 1.54) is 24.5 Å². The molecule has 0 aliphatic rings. The number of hydrogen-bond acceptors (Lipinski definition) is 3. The molecule has 1 N–H and O–H groups in total. The largest absolute Gasteiger partial charge is 0.389 e. The molecule has 0 saturated carbocycles. The summed E-state index contributed by atoms with van der Waals surface area (Å²) in [6, 6.07) is 0. The lowest BCUT2D eigenvalue weighted by Gasteiger charge is -1.91. The lowest BCUT2D eigenvalue weighted by Crippen LogP contribution is -1.75. The van der Waals surface area contributed by atoms with E-state index in [1.807, 2.05) is 0 Å². The number of aromatic nitrogens is 1. The second kappa shape index (κ2) is 3.07. The summed E-state index contributed by atoms with van der Waals surface area (Å²) in [6.07, 6.45) is 0.485. The summed E-state index contributed by atoms with van der Waals surface area (Å²) in [5, 5.41) is 9.13. The maximum atomic E-state index is 12.5. The quantitative estimate of drug-likeness (QED) is 0.715. The molecule has 1 rings (SSSR count). The van der Waals surface area contributed by atoms with Crippen LogP contribution in [0.5, 0.6) is 0 Å². The third-order valence-corrected chi connectivity index (χ3v) is 2.23. The number of nitrogens with zero attached hydrogens (tertiary/aromatic N) is 1. The Bertz CT molecular complexity index is 211. The van der Waals surface area contributed by atoms with E-state index in [0.717, 1.165) is 0 Å². The summed E-state index contributed by atoms with van der Waals surface area (Å²) in [6.45, 7) is 1.35. The average Bonchev–Trinajstić information content (AvgIpc) is 2.34. The molecule has 0 spiro atoms. The Hall–Kier alpha value is -0.480. The summed E-state index contributed by atoms with van der Waals surface area (Å²) < 4.78 is 12.5. The number of aliphatic hydroxyl groups excluding tert-OH is 1. The van der Waals surface area contributed by atoms with Crippen molar-refractivity contribution in [1.82, 2.24) is 4.98 Å². The molecule has 0 aromatic carbocycles. The standard InChI is InChI=1S/C6H8FNOS/c1-4(7)5-2-8-6(3-9)10-5/h2,4,9H,3H2,1H3. The molecule has 0 radical (unpaired) electrons. The molecule has 0 saturated heterocycles. The number of rotatable bonds is 2. The van der Waals surface area contributed by atoms with E-state index in [0.29, 0.717) is 9.88 Å². The lowest BCUT2D eigenvalue weighted by molar-refractivity contribution is 0.281. The Balaban J connectivity index is 2.78. The van der Waals surface area contributed by atoms with Gasteiger partial charge in [-0.25, -0.2) is 9.37 Å². The normalized spacial score (nSPS) is 13.5. The molecule has 2 nitrogen and oxygen atoms in total. The Morgan fingerprint density at radius 1 is 1.90 bits per heavy atom. The minimum absolute atomic E-state index is 0.0998. The highest BCUT2D eigenvalue weighted by molar-refractivity contribution is 7.11.